The molecular formula is C17H27N. The number of nitrogens with two attached hydrogens (primary N) is 1. The average Bonchev–Trinajstić information content (AvgIpc) is 2.37. The highest BCUT2D eigenvalue weighted by molar-refractivity contribution is 5.31. The summed E-state index contributed by atoms with van der Waals surface area (Å²) in [5, 5.41) is 0. The molecule has 0 aromatic heterocycles. The maximum absolute atomic E-state index is 5.64. The summed E-state index contributed by atoms with van der Waals surface area (Å²) >= 11 is 0. The van der Waals surface area contributed by atoms with Crippen molar-refractivity contribution in [3.05, 3.63) is 35.4 Å². The van der Waals surface area contributed by atoms with Crippen LogP contribution in [0, 0.1) is 5.41 Å². The molecule has 2 rings (SSSR count). The molecule has 0 saturated heterocycles. The van der Waals surface area contributed by atoms with Gasteiger partial charge in [0.05, 0.1) is 0 Å². The van der Waals surface area contributed by atoms with Crippen LogP contribution in [0.25, 0.3) is 0 Å². The highest BCUT2D eigenvalue weighted by Crippen LogP contribution is 2.43. The Balaban J connectivity index is 2.08. The number of hydrogen-bond donors (Lipinski definition) is 1. The van der Waals surface area contributed by atoms with Crippen LogP contribution in [-0.4, -0.2) is 6.54 Å². The average molecular weight is 245 g/mol. The number of benzene rings is 1. The SMILES string of the molecule is CC1(C)CCC(c2ccccc2CCCN)CC1. The van der Waals surface area contributed by atoms with E-state index in [0.717, 1.165) is 25.3 Å². The molecule has 0 bridgehead atoms. The summed E-state index contributed by atoms with van der Waals surface area (Å²) in [6.07, 6.45) is 7.69. The number of hydrogen-bond acceptors (Lipinski definition) is 1. The molecular weight excluding hydrogens is 218 g/mol. The van der Waals surface area contributed by atoms with Crippen LogP contribution in [0.1, 0.15) is 63.0 Å². The maximum Gasteiger partial charge on any atom is -0.00741 e. The summed E-state index contributed by atoms with van der Waals surface area (Å²) in [5.74, 6) is 0.784. The Labute approximate surface area is 112 Å². The highest BCUT2D eigenvalue weighted by atomic mass is 14.5. The van der Waals surface area contributed by atoms with E-state index in [9.17, 15) is 0 Å². The van der Waals surface area contributed by atoms with E-state index in [2.05, 4.69) is 38.1 Å². The smallest absolute Gasteiger partial charge is 0.00741 e. The molecule has 100 valence electrons. The van der Waals surface area contributed by atoms with Crippen molar-refractivity contribution in [3.63, 3.8) is 0 Å². The van der Waals surface area contributed by atoms with Crippen molar-refractivity contribution in [2.75, 3.05) is 6.54 Å². The fraction of sp³-hybridized carbons (Fsp3) is 0.647. The normalized spacial score (nSPS) is 19.9. The van der Waals surface area contributed by atoms with Crippen molar-refractivity contribution < 1.29 is 0 Å². The molecule has 0 radical (unpaired) electrons. The summed E-state index contributed by atoms with van der Waals surface area (Å²) < 4.78 is 0. The van der Waals surface area contributed by atoms with E-state index in [1.165, 1.54) is 31.2 Å². The zero-order valence-electron chi connectivity index (χ0n) is 11.9. The van der Waals surface area contributed by atoms with Crippen molar-refractivity contribution in [2.45, 2.75) is 58.3 Å². The minimum atomic E-state index is 0.558. The molecule has 1 aliphatic carbocycles. The second-order valence-electron chi connectivity index (χ2n) is 6.53. The second kappa shape index (κ2) is 5.88. The molecule has 1 aromatic carbocycles. The first-order valence-electron chi connectivity index (χ1n) is 7.40. The van der Waals surface area contributed by atoms with E-state index in [1.54, 1.807) is 5.56 Å². The van der Waals surface area contributed by atoms with Crippen LogP contribution in [0.15, 0.2) is 24.3 Å². The molecule has 0 unspecified atom stereocenters. The first-order valence-corrected chi connectivity index (χ1v) is 7.40. The van der Waals surface area contributed by atoms with Crippen molar-refractivity contribution >= 4 is 0 Å². The molecule has 1 nitrogen and oxygen atoms in total. The van der Waals surface area contributed by atoms with E-state index >= 15 is 0 Å². The van der Waals surface area contributed by atoms with Gasteiger partial charge in [0.1, 0.15) is 0 Å². The molecule has 1 aromatic rings. The standard InChI is InChI=1S/C17H27N/c1-17(2)11-9-15(10-12-17)16-8-4-3-6-14(16)7-5-13-18/h3-4,6,8,15H,5,7,9-13,18H2,1-2H3. The van der Waals surface area contributed by atoms with Crippen molar-refractivity contribution in [2.24, 2.45) is 11.1 Å². The van der Waals surface area contributed by atoms with E-state index < -0.39 is 0 Å². The summed E-state index contributed by atoms with van der Waals surface area (Å²) in [6, 6.07) is 9.00. The Morgan fingerprint density at radius 1 is 1.17 bits per heavy atom. The summed E-state index contributed by atoms with van der Waals surface area (Å²) in [5.41, 5.74) is 9.33. The zero-order valence-corrected chi connectivity index (χ0v) is 11.9. The van der Waals surface area contributed by atoms with Crippen molar-refractivity contribution in [1.82, 2.24) is 0 Å². The van der Waals surface area contributed by atoms with E-state index in [-0.39, 0.29) is 0 Å². The Hall–Kier alpha value is -0.820. The van der Waals surface area contributed by atoms with Crippen LogP contribution in [0.5, 0.6) is 0 Å². The topological polar surface area (TPSA) is 26.0 Å². The third-order valence-corrected chi connectivity index (χ3v) is 4.48. The van der Waals surface area contributed by atoms with Gasteiger partial charge in [0.2, 0.25) is 0 Å². The third kappa shape index (κ3) is 3.35. The predicted molar refractivity (Wildman–Crippen MR) is 78.8 cm³/mol. The zero-order chi connectivity index (χ0) is 13.0. The molecule has 0 spiro atoms. The molecule has 0 amide bonds. The van der Waals surface area contributed by atoms with Gasteiger partial charge in [0, 0.05) is 0 Å². The molecule has 1 heteroatoms. The van der Waals surface area contributed by atoms with Gasteiger partial charge in [-0.25, -0.2) is 0 Å². The van der Waals surface area contributed by atoms with E-state index in [1.807, 2.05) is 0 Å². The van der Waals surface area contributed by atoms with Gasteiger partial charge in [-0.3, -0.25) is 0 Å². The Morgan fingerprint density at radius 3 is 2.50 bits per heavy atom. The third-order valence-electron chi connectivity index (χ3n) is 4.48. The van der Waals surface area contributed by atoms with Gasteiger partial charge in [-0.15, -0.1) is 0 Å². The van der Waals surface area contributed by atoms with Crippen molar-refractivity contribution in [3.8, 4) is 0 Å². The van der Waals surface area contributed by atoms with Gasteiger partial charge < -0.3 is 5.73 Å². The highest BCUT2D eigenvalue weighted by Gasteiger charge is 2.28. The lowest BCUT2D eigenvalue weighted by Crippen LogP contribution is -2.20. The fourth-order valence-electron chi connectivity index (χ4n) is 3.16. The Bertz CT molecular complexity index is 371. The monoisotopic (exact) mass is 245 g/mol. The van der Waals surface area contributed by atoms with Crippen LogP contribution < -0.4 is 5.73 Å². The Kier molecular flexibility index (Phi) is 4.45. The van der Waals surface area contributed by atoms with E-state index in [0.29, 0.717) is 5.41 Å². The maximum atomic E-state index is 5.64. The van der Waals surface area contributed by atoms with Gasteiger partial charge in [-0.05, 0) is 67.5 Å². The van der Waals surface area contributed by atoms with Crippen LogP contribution in [0.4, 0.5) is 0 Å². The van der Waals surface area contributed by atoms with Gasteiger partial charge >= 0.3 is 0 Å². The number of aryl methyl sites for hydroxylation is 1. The van der Waals surface area contributed by atoms with Crippen LogP contribution in [-0.2, 0) is 6.42 Å². The molecule has 0 heterocycles. The lowest BCUT2D eigenvalue weighted by Gasteiger charge is -2.35. The lowest BCUT2D eigenvalue weighted by atomic mass is 9.70. The predicted octanol–water partition coefficient (Wildman–Crippen LogP) is 4.26. The minimum absolute atomic E-state index is 0.558. The first kappa shape index (κ1) is 13.6. The molecule has 2 N–H and O–H groups in total. The summed E-state index contributed by atoms with van der Waals surface area (Å²) in [7, 11) is 0. The molecule has 0 atom stereocenters. The molecule has 1 saturated carbocycles. The van der Waals surface area contributed by atoms with Gasteiger partial charge in [-0.2, -0.15) is 0 Å². The van der Waals surface area contributed by atoms with Gasteiger partial charge in [-0.1, -0.05) is 38.1 Å². The van der Waals surface area contributed by atoms with Gasteiger partial charge in [0.25, 0.3) is 0 Å². The van der Waals surface area contributed by atoms with E-state index in [4.69, 9.17) is 5.73 Å². The first-order chi connectivity index (χ1) is 8.62. The molecule has 0 aliphatic heterocycles. The van der Waals surface area contributed by atoms with Crippen molar-refractivity contribution in [1.29, 1.82) is 0 Å². The second-order valence-corrected chi connectivity index (χ2v) is 6.53. The summed E-state index contributed by atoms with van der Waals surface area (Å²) in [6.45, 7) is 5.61. The number of rotatable bonds is 4. The van der Waals surface area contributed by atoms with Gasteiger partial charge in [0.15, 0.2) is 0 Å². The van der Waals surface area contributed by atoms with Crippen LogP contribution in [0.3, 0.4) is 0 Å². The largest absolute Gasteiger partial charge is 0.330 e. The summed E-state index contributed by atoms with van der Waals surface area (Å²) in [4.78, 5) is 0. The molecule has 18 heavy (non-hydrogen) atoms. The van der Waals surface area contributed by atoms with Crippen LogP contribution in [0.2, 0.25) is 0 Å². The molecule has 1 fully saturated rings. The Morgan fingerprint density at radius 2 is 1.83 bits per heavy atom. The van der Waals surface area contributed by atoms with Crippen LogP contribution >= 0.6 is 0 Å². The minimum Gasteiger partial charge on any atom is -0.330 e. The fourth-order valence-corrected chi connectivity index (χ4v) is 3.16. The molecule has 1 aliphatic rings. The quantitative estimate of drug-likeness (QED) is 0.842. The lowest BCUT2D eigenvalue weighted by molar-refractivity contribution is 0.224.